The van der Waals surface area contributed by atoms with Crippen LogP contribution in [0.15, 0.2) is 34.0 Å². The molecule has 27 heavy (non-hydrogen) atoms. The van der Waals surface area contributed by atoms with Crippen molar-refractivity contribution in [2.45, 2.75) is 19.4 Å². The molecule has 0 unspecified atom stereocenters. The molecule has 1 fully saturated rings. The number of piperazine rings is 1. The summed E-state index contributed by atoms with van der Waals surface area (Å²) in [6.07, 6.45) is 2.99. The lowest BCUT2D eigenvalue weighted by molar-refractivity contribution is 0.250. The molecule has 1 aromatic carbocycles. The molecule has 0 N–H and O–H groups in total. The van der Waals surface area contributed by atoms with Crippen molar-refractivity contribution in [2.24, 2.45) is 7.05 Å². The lowest BCUT2D eigenvalue weighted by atomic mass is 10.2. The maximum Gasteiger partial charge on any atom is 0.347 e. The molecule has 7 nitrogen and oxygen atoms in total. The zero-order chi connectivity index (χ0) is 19.4. The van der Waals surface area contributed by atoms with Crippen LogP contribution in [-0.2, 0) is 13.6 Å². The number of rotatable bonds is 6. The Labute approximate surface area is 167 Å². The third kappa shape index (κ3) is 4.72. The average Bonchev–Trinajstić information content (AvgIpc) is 2.68. The number of benzene rings is 1. The summed E-state index contributed by atoms with van der Waals surface area (Å²) in [6, 6.07) is 5.72. The fourth-order valence-corrected chi connectivity index (χ4v) is 3.64. The van der Waals surface area contributed by atoms with Gasteiger partial charge in [0.25, 0.3) is 5.56 Å². The topological polar surface area (TPSA) is 63.4 Å². The van der Waals surface area contributed by atoms with E-state index in [1.807, 2.05) is 12.1 Å². The first-order chi connectivity index (χ1) is 13.0. The molecule has 1 aromatic heterocycles. The number of hydrogen-bond donors (Lipinski definition) is 0. The van der Waals surface area contributed by atoms with Crippen LogP contribution in [0.4, 0.5) is 5.69 Å². The Kier molecular flexibility index (Phi) is 6.57. The van der Waals surface area contributed by atoms with E-state index in [2.05, 4.69) is 14.9 Å². The van der Waals surface area contributed by atoms with E-state index in [0.717, 1.165) is 55.8 Å². The molecule has 0 atom stereocenters. The van der Waals surface area contributed by atoms with Crippen LogP contribution in [0.5, 0.6) is 0 Å². The third-order valence-electron chi connectivity index (χ3n) is 4.88. The SMILES string of the molecule is Cn1c(=O)cnn(CCCCN2CCN(c3cccc(Cl)c3Cl)CC2)c1=O. The summed E-state index contributed by atoms with van der Waals surface area (Å²) in [4.78, 5) is 28.0. The standard InChI is InChI=1S/C18H23Cl2N5O2/c1-22-16(26)13-21-25(18(22)27)8-3-2-7-23-9-11-24(12-10-23)15-6-4-5-14(19)17(15)20/h4-6,13H,2-3,7-12H2,1H3. The maximum absolute atomic E-state index is 11.9. The second-order valence-electron chi connectivity index (χ2n) is 6.66. The number of aromatic nitrogens is 3. The van der Waals surface area contributed by atoms with Crippen molar-refractivity contribution in [2.75, 3.05) is 37.6 Å². The van der Waals surface area contributed by atoms with Crippen LogP contribution in [0.25, 0.3) is 0 Å². The van der Waals surface area contributed by atoms with Crippen LogP contribution in [0.2, 0.25) is 10.0 Å². The average molecular weight is 412 g/mol. The highest BCUT2D eigenvalue weighted by molar-refractivity contribution is 6.43. The van der Waals surface area contributed by atoms with Crippen molar-refractivity contribution in [1.29, 1.82) is 0 Å². The smallest absolute Gasteiger partial charge is 0.347 e. The van der Waals surface area contributed by atoms with Crippen molar-refractivity contribution in [3.05, 3.63) is 55.3 Å². The van der Waals surface area contributed by atoms with Gasteiger partial charge in [0.2, 0.25) is 0 Å². The molecular formula is C18H23Cl2N5O2. The highest BCUT2D eigenvalue weighted by Gasteiger charge is 2.19. The van der Waals surface area contributed by atoms with E-state index >= 15 is 0 Å². The van der Waals surface area contributed by atoms with Crippen molar-refractivity contribution in [1.82, 2.24) is 19.2 Å². The molecule has 0 radical (unpaired) electrons. The van der Waals surface area contributed by atoms with Crippen LogP contribution in [-0.4, -0.2) is 52.0 Å². The van der Waals surface area contributed by atoms with Gasteiger partial charge in [-0.25, -0.2) is 9.48 Å². The molecule has 0 aliphatic carbocycles. The molecule has 146 valence electrons. The lowest BCUT2D eigenvalue weighted by Gasteiger charge is -2.36. The zero-order valence-corrected chi connectivity index (χ0v) is 16.8. The Morgan fingerprint density at radius 1 is 1.04 bits per heavy atom. The van der Waals surface area contributed by atoms with Crippen molar-refractivity contribution < 1.29 is 0 Å². The van der Waals surface area contributed by atoms with Crippen LogP contribution in [0, 0.1) is 0 Å². The Bertz CT molecular complexity index is 903. The first-order valence-corrected chi connectivity index (χ1v) is 9.77. The molecule has 9 heteroatoms. The van der Waals surface area contributed by atoms with Crippen molar-refractivity contribution in [3.63, 3.8) is 0 Å². The van der Waals surface area contributed by atoms with Crippen molar-refractivity contribution in [3.8, 4) is 0 Å². The molecule has 0 bridgehead atoms. The van der Waals surface area contributed by atoms with E-state index < -0.39 is 0 Å². The summed E-state index contributed by atoms with van der Waals surface area (Å²) in [5.41, 5.74) is 0.243. The molecule has 0 spiro atoms. The minimum absolute atomic E-state index is 0.366. The summed E-state index contributed by atoms with van der Waals surface area (Å²) in [6.45, 7) is 5.22. The minimum Gasteiger partial charge on any atom is -0.368 e. The molecule has 1 aliphatic rings. The van der Waals surface area contributed by atoms with E-state index in [0.29, 0.717) is 16.6 Å². The summed E-state index contributed by atoms with van der Waals surface area (Å²) in [7, 11) is 1.47. The maximum atomic E-state index is 11.9. The second kappa shape index (κ2) is 8.91. The van der Waals surface area contributed by atoms with E-state index in [4.69, 9.17) is 23.2 Å². The normalized spacial score (nSPS) is 15.3. The molecule has 1 saturated heterocycles. The van der Waals surface area contributed by atoms with Gasteiger partial charge >= 0.3 is 5.69 Å². The summed E-state index contributed by atoms with van der Waals surface area (Å²) in [5.74, 6) is 0. The van der Waals surface area contributed by atoms with Gasteiger partial charge < -0.3 is 4.90 Å². The quantitative estimate of drug-likeness (QED) is 0.678. The minimum atomic E-state index is -0.381. The fraction of sp³-hybridized carbons (Fsp3) is 0.500. The van der Waals surface area contributed by atoms with Gasteiger partial charge in [0.05, 0.1) is 15.7 Å². The lowest BCUT2D eigenvalue weighted by Crippen LogP contribution is -2.46. The van der Waals surface area contributed by atoms with Gasteiger partial charge in [-0.1, -0.05) is 29.3 Å². The highest BCUT2D eigenvalue weighted by atomic mass is 35.5. The summed E-state index contributed by atoms with van der Waals surface area (Å²) >= 11 is 12.4. The Hall–Kier alpha value is -1.83. The van der Waals surface area contributed by atoms with Gasteiger partial charge in [-0.15, -0.1) is 0 Å². The highest BCUT2D eigenvalue weighted by Crippen LogP contribution is 2.32. The zero-order valence-electron chi connectivity index (χ0n) is 15.3. The van der Waals surface area contributed by atoms with Gasteiger partial charge in [-0.3, -0.25) is 14.3 Å². The van der Waals surface area contributed by atoms with Crippen LogP contribution in [0.1, 0.15) is 12.8 Å². The number of halogens is 2. The third-order valence-corrected chi connectivity index (χ3v) is 5.69. The molecule has 2 heterocycles. The van der Waals surface area contributed by atoms with Gasteiger partial charge in [0, 0.05) is 39.8 Å². The molecule has 2 aromatic rings. The Balaban J connectivity index is 1.44. The number of unbranched alkanes of at least 4 members (excludes halogenated alkanes) is 1. The summed E-state index contributed by atoms with van der Waals surface area (Å²) < 4.78 is 2.42. The van der Waals surface area contributed by atoms with Crippen molar-refractivity contribution >= 4 is 28.9 Å². The predicted octanol–water partition coefficient (Wildman–Crippen LogP) is 1.85. The number of nitrogens with zero attached hydrogens (tertiary/aromatic N) is 5. The first-order valence-electron chi connectivity index (χ1n) is 9.02. The molecule has 0 saturated carbocycles. The van der Waals surface area contributed by atoms with Gasteiger partial charge in [-0.2, -0.15) is 5.10 Å². The van der Waals surface area contributed by atoms with E-state index in [9.17, 15) is 9.59 Å². The Morgan fingerprint density at radius 3 is 2.48 bits per heavy atom. The van der Waals surface area contributed by atoms with E-state index in [-0.39, 0.29) is 11.2 Å². The molecular weight excluding hydrogens is 389 g/mol. The van der Waals surface area contributed by atoms with E-state index in [1.54, 1.807) is 6.07 Å². The van der Waals surface area contributed by atoms with Crippen LogP contribution < -0.4 is 16.1 Å². The second-order valence-corrected chi connectivity index (χ2v) is 7.44. The van der Waals surface area contributed by atoms with Gasteiger partial charge in [-0.05, 0) is 31.5 Å². The molecule has 0 amide bonds. The molecule has 3 rings (SSSR count). The fourth-order valence-electron chi connectivity index (χ4n) is 3.22. The Morgan fingerprint density at radius 2 is 1.74 bits per heavy atom. The number of hydrogen-bond acceptors (Lipinski definition) is 5. The van der Waals surface area contributed by atoms with Crippen LogP contribution >= 0.6 is 23.2 Å². The summed E-state index contributed by atoms with van der Waals surface area (Å²) in [5, 5.41) is 5.11. The van der Waals surface area contributed by atoms with Crippen LogP contribution in [0.3, 0.4) is 0 Å². The number of anilines is 1. The largest absolute Gasteiger partial charge is 0.368 e. The van der Waals surface area contributed by atoms with Gasteiger partial charge in [0.15, 0.2) is 0 Å². The monoisotopic (exact) mass is 411 g/mol. The van der Waals surface area contributed by atoms with E-state index in [1.165, 1.54) is 17.9 Å². The molecule has 1 aliphatic heterocycles. The number of aryl methyl sites for hydroxylation is 1. The van der Waals surface area contributed by atoms with Gasteiger partial charge in [0.1, 0.15) is 6.20 Å². The first kappa shape index (κ1) is 19.9. The predicted molar refractivity (Wildman–Crippen MR) is 108 cm³/mol.